The third-order valence-corrected chi connectivity index (χ3v) is 10.3. The van der Waals surface area contributed by atoms with Gasteiger partial charge in [0, 0.05) is 31.7 Å². The topological polar surface area (TPSA) is 32.7 Å². The number of hydrogen-bond acceptors (Lipinski definition) is 3. The van der Waals surface area contributed by atoms with Crippen LogP contribution in [0.3, 0.4) is 0 Å². The number of anilines is 1. The summed E-state index contributed by atoms with van der Waals surface area (Å²) < 4.78 is 33.9. The van der Waals surface area contributed by atoms with Crippen molar-refractivity contribution in [2.45, 2.75) is 51.4 Å². The van der Waals surface area contributed by atoms with E-state index in [2.05, 4.69) is 33.9 Å². The molecule has 142 valence electrons. The molecule has 0 amide bonds. The molecule has 0 bridgehead atoms. The Kier molecular flexibility index (Phi) is 6.19. The third kappa shape index (κ3) is 4.73. The lowest BCUT2D eigenvalue weighted by atomic mass is 9.94. The Bertz CT molecular complexity index is 622. The van der Waals surface area contributed by atoms with Crippen molar-refractivity contribution in [3.05, 3.63) is 28.8 Å². The summed E-state index contributed by atoms with van der Waals surface area (Å²) in [4.78, 5) is 1.67. The smallest absolute Gasteiger partial charge is 0.191 e. The fourth-order valence-corrected chi connectivity index (χ4v) is 3.89. The molecule has 7 heteroatoms. The molecule has 0 spiro atoms. The molecule has 0 radical (unpaired) electrons. The molecule has 0 aliphatic carbocycles. The van der Waals surface area contributed by atoms with Gasteiger partial charge in [-0.1, -0.05) is 32.4 Å². The maximum Gasteiger partial charge on any atom is 0.191 e. The summed E-state index contributed by atoms with van der Waals surface area (Å²) in [5, 5.41) is 10.3. The number of rotatable bonds is 4. The van der Waals surface area contributed by atoms with Gasteiger partial charge in [0.15, 0.2) is 8.32 Å². The first-order chi connectivity index (χ1) is 11.4. The largest absolute Gasteiger partial charge is 0.416 e. The first kappa shape index (κ1) is 20.6. The molecule has 1 aromatic rings. The minimum Gasteiger partial charge on any atom is -0.416 e. The van der Waals surface area contributed by atoms with E-state index in [1.807, 2.05) is 0 Å². The van der Waals surface area contributed by atoms with Gasteiger partial charge < -0.3 is 14.4 Å². The summed E-state index contributed by atoms with van der Waals surface area (Å²) in [5.74, 6) is -1.23. The van der Waals surface area contributed by atoms with Crippen LogP contribution in [-0.4, -0.2) is 39.2 Å². The molecular formula is C18H28ClF2NO2Si. The van der Waals surface area contributed by atoms with Crippen molar-refractivity contribution in [1.82, 2.24) is 0 Å². The van der Waals surface area contributed by atoms with Gasteiger partial charge in [-0.3, -0.25) is 0 Å². The zero-order valence-electron chi connectivity index (χ0n) is 15.6. The Balaban J connectivity index is 2.00. The van der Waals surface area contributed by atoms with Gasteiger partial charge in [0.2, 0.25) is 0 Å². The molecule has 2 rings (SSSR count). The highest BCUT2D eigenvalue weighted by atomic mass is 35.5. The molecule has 1 aliphatic heterocycles. The lowest BCUT2D eigenvalue weighted by Crippen LogP contribution is -2.48. The molecule has 1 aliphatic rings. The van der Waals surface area contributed by atoms with Crippen molar-refractivity contribution in [1.29, 1.82) is 0 Å². The van der Waals surface area contributed by atoms with E-state index in [1.54, 1.807) is 4.90 Å². The molecule has 1 fully saturated rings. The Morgan fingerprint density at radius 2 is 1.92 bits per heavy atom. The van der Waals surface area contributed by atoms with E-state index in [0.717, 1.165) is 12.1 Å². The van der Waals surface area contributed by atoms with Crippen LogP contribution in [0.5, 0.6) is 0 Å². The molecule has 3 nitrogen and oxygen atoms in total. The summed E-state index contributed by atoms with van der Waals surface area (Å²) in [7, 11) is -1.87. The Morgan fingerprint density at radius 3 is 2.48 bits per heavy atom. The Hall–Kier alpha value is -0.693. The number of aliphatic hydroxyl groups excluding tert-OH is 1. The maximum absolute atomic E-state index is 14.1. The predicted molar refractivity (Wildman–Crippen MR) is 101 cm³/mol. The van der Waals surface area contributed by atoms with E-state index in [4.69, 9.17) is 16.0 Å². The molecule has 0 aromatic heterocycles. The Morgan fingerprint density at radius 1 is 1.28 bits per heavy atom. The number of nitrogens with zero attached hydrogens (tertiary/aromatic N) is 1. The van der Waals surface area contributed by atoms with Gasteiger partial charge in [0.1, 0.15) is 11.6 Å². The van der Waals surface area contributed by atoms with Crippen LogP contribution in [0.15, 0.2) is 12.1 Å². The minimum absolute atomic E-state index is 0.00517. The van der Waals surface area contributed by atoms with E-state index < -0.39 is 26.1 Å². The van der Waals surface area contributed by atoms with Crippen LogP contribution in [0.1, 0.15) is 27.2 Å². The van der Waals surface area contributed by atoms with Gasteiger partial charge in [-0.25, -0.2) is 8.78 Å². The van der Waals surface area contributed by atoms with Crippen molar-refractivity contribution in [3.8, 4) is 0 Å². The van der Waals surface area contributed by atoms with E-state index in [9.17, 15) is 13.9 Å². The molecule has 0 unspecified atom stereocenters. The predicted octanol–water partition coefficient (Wildman–Crippen LogP) is 4.83. The second-order valence-electron chi connectivity index (χ2n) is 8.35. The van der Waals surface area contributed by atoms with Gasteiger partial charge in [-0.2, -0.15) is 0 Å². The average molecular weight is 392 g/mol. The quantitative estimate of drug-likeness (QED) is 0.589. The molecule has 2 atom stereocenters. The summed E-state index contributed by atoms with van der Waals surface area (Å²) in [6.07, 6.45) is 0.0242. The number of piperidine rings is 1. The van der Waals surface area contributed by atoms with Crippen LogP contribution >= 0.6 is 11.6 Å². The lowest BCUT2D eigenvalue weighted by molar-refractivity contribution is 0.0577. The van der Waals surface area contributed by atoms with Crippen molar-refractivity contribution < 1.29 is 18.3 Å². The van der Waals surface area contributed by atoms with E-state index >= 15 is 0 Å². The van der Waals surface area contributed by atoms with E-state index in [0.29, 0.717) is 19.6 Å². The van der Waals surface area contributed by atoms with Gasteiger partial charge in [0.05, 0.1) is 16.8 Å². The van der Waals surface area contributed by atoms with Crippen LogP contribution in [0, 0.1) is 17.6 Å². The third-order valence-electron chi connectivity index (χ3n) is 5.52. The summed E-state index contributed by atoms with van der Waals surface area (Å²) in [6.45, 7) is 12.2. The monoisotopic (exact) mass is 391 g/mol. The van der Waals surface area contributed by atoms with Gasteiger partial charge in [-0.05, 0) is 30.6 Å². The van der Waals surface area contributed by atoms with Crippen molar-refractivity contribution in [2.75, 3.05) is 24.6 Å². The fourth-order valence-electron chi connectivity index (χ4n) is 2.68. The van der Waals surface area contributed by atoms with Crippen LogP contribution in [-0.2, 0) is 4.43 Å². The number of hydrogen-bond donors (Lipinski definition) is 1. The standard InChI is InChI=1S/C18H28ClF2NO2Si/c1-18(2,3)25(4,5)24-11-12-6-7-22(10-17(12)23)16-9-14(20)13(19)8-15(16)21/h8-9,12,17,23H,6-7,10-11H2,1-5H3/t12-,17+/m1/s1. The SMILES string of the molecule is CC(C)(C)[Si](C)(C)OC[C@H]1CCN(c2cc(F)c(Cl)cc2F)C[C@@H]1O. The number of β-amino-alcohol motifs (C(OH)–C–C–N with tert-alkyl or cyclic N) is 1. The second kappa shape index (κ2) is 7.51. The maximum atomic E-state index is 14.1. The first-order valence-corrected chi connectivity index (χ1v) is 11.9. The summed E-state index contributed by atoms with van der Waals surface area (Å²) in [5.41, 5.74) is 0.143. The van der Waals surface area contributed by atoms with Crippen molar-refractivity contribution >= 4 is 25.6 Å². The van der Waals surface area contributed by atoms with Gasteiger partial charge in [0.25, 0.3) is 0 Å². The van der Waals surface area contributed by atoms with Gasteiger partial charge >= 0.3 is 0 Å². The molecule has 1 N–H and O–H groups in total. The number of benzene rings is 1. The van der Waals surface area contributed by atoms with Crippen LogP contribution < -0.4 is 4.90 Å². The number of halogens is 3. The summed E-state index contributed by atoms with van der Waals surface area (Å²) >= 11 is 5.60. The fraction of sp³-hybridized carbons (Fsp3) is 0.667. The van der Waals surface area contributed by atoms with Crippen molar-refractivity contribution in [2.24, 2.45) is 5.92 Å². The average Bonchev–Trinajstić information content (AvgIpc) is 2.48. The van der Waals surface area contributed by atoms with Crippen LogP contribution in [0.4, 0.5) is 14.5 Å². The van der Waals surface area contributed by atoms with E-state index in [-0.39, 0.29) is 28.2 Å². The highest BCUT2D eigenvalue weighted by Gasteiger charge is 2.39. The minimum atomic E-state index is -1.87. The zero-order chi connectivity index (χ0) is 19.0. The van der Waals surface area contributed by atoms with Crippen molar-refractivity contribution in [3.63, 3.8) is 0 Å². The lowest BCUT2D eigenvalue weighted by Gasteiger charge is -2.41. The Labute approximate surface area is 155 Å². The molecule has 1 saturated heterocycles. The van der Waals surface area contributed by atoms with Crippen LogP contribution in [0.2, 0.25) is 23.2 Å². The second-order valence-corrected chi connectivity index (χ2v) is 13.6. The zero-order valence-corrected chi connectivity index (χ0v) is 17.3. The molecule has 1 aromatic carbocycles. The first-order valence-electron chi connectivity index (χ1n) is 8.64. The number of aliphatic hydroxyl groups is 1. The van der Waals surface area contributed by atoms with Gasteiger partial charge in [-0.15, -0.1) is 0 Å². The molecular weight excluding hydrogens is 364 g/mol. The molecule has 0 saturated carbocycles. The summed E-state index contributed by atoms with van der Waals surface area (Å²) in [6, 6.07) is 2.07. The molecule has 1 heterocycles. The van der Waals surface area contributed by atoms with E-state index in [1.165, 1.54) is 0 Å². The highest BCUT2D eigenvalue weighted by Crippen LogP contribution is 2.37. The molecule has 25 heavy (non-hydrogen) atoms. The van der Waals surface area contributed by atoms with Crippen LogP contribution in [0.25, 0.3) is 0 Å². The highest BCUT2D eigenvalue weighted by molar-refractivity contribution is 6.74. The normalized spacial score (nSPS) is 22.4.